The second-order valence-corrected chi connectivity index (χ2v) is 8.62. The number of hydrogen-bond donors (Lipinski definition) is 1. The van der Waals surface area contributed by atoms with Crippen LogP contribution >= 0.6 is 0 Å². The Bertz CT molecular complexity index is 1150. The van der Waals surface area contributed by atoms with E-state index >= 15 is 0 Å². The summed E-state index contributed by atoms with van der Waals surface area (Å²) in [5.41, 5.74) is 3.37. The number of benzene rings is 3. The lowest BCUT2D eigenvalue weighted by atomic mass is 9.88. The maximum Gasteiger partial charge on any atom is 0.0846 e. The lowest BCUT2D eigenvalue weighted by Crippen LogP contribution is -2.16. The van der Waals surface area contributed by atoms with E-state index in [2.05, 4.69) is 62.4 Å². The van der Waals surface area contributed by atoms with Gasteiger partial charge in [-0.15, -0.1) is 0 Å². The van der Waals surface area contributed by atoms with Gasteiger partial charge in [0.2, 0.25) is 0 Å². The molecular formula is C26H27NO. The molecule has 0 unspecified atom stereocenters. The molecule has 0 saturated carbocycles. The summed E-state index contributed by atoms with van der Waals surface area (Å²) in [6.07, 6.45) is 3.03. The van der Waals surface area contributed by atoms with Gasteiger partial charge in [0, 0.05) is 17.1 Å². The van der Waals surface area contributed by atoms with E-state index in [-0.39, 0.29) is 0 Å². The van der Waals surface area contributed by atoms with Gasteiger partial charge in [-0.25, -0.2) is 0 Å². The van der Waals surface area contributed by atoms with Crippen LogP contribution in [0.4, 0.5) is 0 Å². The average Bonchev–Trinajstić information content (AvgIpc) is 2.65. The number of hydrogen-bond acceptors (Lipinski definition) is 2. The normalized spacial score (nSPS) is 12.2. The standard InChI is InChI=1S/C26H27NO/c1-17(2)13-18-11-12-20-16-27-24(15-21(20)14-18)22-9-5-7-19-8-6-10-23(25(19)22)26(3,4)28/h5-12,14-17,28H,13H2,1-4H3. The highest BCUT2D eigenvalue weighted by molar-refractivity contribution is 6.00. The molecule has 0 atom stereocenters. The molecule has 0 radical (unpaired) electrons. The van der Waals surface area contributed by atoms with Crippen molar-refractivity contribution in [2.24, 2.45) is 5.92 Å². The number of fused-ring (bicyclic) bond motifs is 2. The molecule has 0 aliphatic rings. The van der Waals surface area contributed by atoms with Crippen LogP contribution in [0, 0.1) is 5.92 Å². The summed E-state index contributed by atoms with van der Waals surface area (Å²) in [7, 11) is 0. The van der Waals surface area contributed by atoms with Crippen LogP contribution in [0.1, 0.15) is 38.8 Å². The minimum absolute atomic E-state index is 0.631. The summed E-state index contributed by atoms with van der Waals surface area (Å²) in [4.78, 5) is 4.76. The maximum absolute atomic E-state index is 10.7. The third kappa shape index (κ3) is 3.53. The molecule has 0 aliphatic carbocycles. The van der Waals surface area contributed by atoms with Crippen LogP contribution in [0.15, 0.2) is 66.9 Å². The molecule has 4 aromatic rings. The molecule has 0 fully saturated rings. The zero-order valence-corrected chi connectivity index (χ0v) is 17.0. The van der Waals surface area contributed by atoms with Gasteiger partial charge in [-0.1, -0.05) is 68.4 Å². The quantitative estimate of drug-likeness (QED) is 0.446. The van der Waals surface area contributed by atoms with E-state index in [0.29, 0.717) is 5.92 Å². The van der Waals surface area contributed by atoms with E-state index in [1.54, 1.807) is 0 Å². The Morgan fingerprint density at radius 3 is 2.36 bits per heavy atom. The van der Waals surface area contributed by atoms with Gasteiger partial charge < -0.3 is 5.11 Å². The molecule has 28 heavy (non-hydrogen) atoms. The van der Waals surface area contributed by atoms with Crippen molar-refractivity contribution in [3.05, 3.63) is 78.0 Å². The van der Waals surface area contributed by atoms with Crippen molar-refractivity contribution in [1.82, 2.24) is 4.98 Å². The summed E-state index contributed by atoms with van der Waals surface area (Å²) in [5, 5.41) is 15.3. The average molecular weight is 370 g/mol. The number of aromatic nitrogens is 1. The molecule has 1 heterocycles. The van der Waals surface area contributed by atoms with Gasteiger partial charge in [0.15, 0.2) is 0 Å². The number of aliphatic hydroxyl groups is 1. The summed E-state index contributed by atoms with van der Waals surface area (Å²) >= 11 is 0. The Labute approximate surface area is 166 Å². The Morgan fingerprint density at radius 1 is 0.893 bits per heavy atom. The molecule has 0 amide bonds. The second kappa shape index (κ2) is 7.03. The molecule has 142 valence electrons. The van der Waals surface area contributed by atoms with Gasteiger partial charge in [-0.05, 0) is 59.5 Å². The van der Waals surface area contributed by atoms with Gasteiger partial charge >= 0.3 is 0 Å². The van der Waals surface area contributed by atoms with Crippen LogP contribution < -0.4 is 0 Å². The van der Waals surface area contributed by atoms with E-state index in [4.69, 9.17) is 4.98 Å². The highest BCUT2D eigenvalue weighted by Gasteiger charge is 2.21. The molecule has 4 rings (SSSR count). The molecule has 3 aromatic carbocycles. The van der Waals surface area contributed by atoms with Crippen LogP contribution in [0.3, 0.4) is 0 Å². The van der Waals surface area contributed by atoms with E-state index < -0.39 is 5.60 Å². The van der Waals surface area contributed by atoms with E-state index in [9.17, 15) is 5.11 Å². The van der Waals surface area contributed by atoms with Crippen LogP contribution in [0.2, 0.25) is 0 Å². The Morgan fingerprint density at radius 2 is 1.64 bits per heavy atom. The SMILES string of the molecule is CC(C)Cc1ccc2cnc(-c3cccc4cccc(C(C)(C)O)c34)cc2c1. The van der Waals surface area contributed by atoms with Crippen molar-refractivity contribution < 1.29 is 5.11 Å². The zero-order chi connectivity index (χ0) is 19.9. The topological polar surface area (TPSA) is 33.1 Å². The molecule has 2 nitrogen and oxygen atoms in total. The largest absolute Gasteiger partial charge is 0.386 e. The van der Waals surface area contributed by atoms with Crippen LogP contribution in [0.25, 0.3) is 32.8 Å². The molecule has 1 aromatic heterocycles. The van der Waals surface area contributed by atoms with Crippen molar-refractivity contribution in [2.75, 3.05) is 0 Å². The molecule has 0 bridgehead atoms. The van der Waals surface area contributed by atoms with Crippen molar-refractivity contribution in [2.45, 2.75) is 39.7 Å². The smallest absolute Gasteiger partial charge is 0.0846 e. The molecule has 1 N–H and O–H groups in total. The van der Waals surface area contributed by atoms with Crippen LogP contribution in [0.5, 0.6) is 0 Å². The van der Waals surface area contributed by atoms with Crippen LogP contribution in [-0.4, -0.2) is 10.1 Å². The van der Waals surface area contributed by atoms with Gasteiger partial charge in [-0.3, -0.25) is 4.98 Å². The Hall–Kier alpha value is -2.71. The monoisotopic (exact) mass is 369 g/mol. The van der Waals surface area contributed by atoms with Crippen LogP contribution in [-0.2, 0) is 12.0 Å². The van der Waals surface area contributed by atoms with E-state index in [1.807, 2.05) is 32.2 Å². The second-order valence-electron chi connectivity index (χ2n) is 8.62. The van der Waals surface area contributed by atoms with E-state index in [0.717, 1.165) is 39.4 Å². The third-order valence-corrected chi connectivity index (χ3v) is 5.27. The number of nitrogens with zero attached hydrogens (tertiary/aromatic N) is 1. The van der Waals surface area contributed by atoms with Gasteiger partial charge in [0.1, 0.15) is 0 Å². The van der Waals surface area contributed by atoms with Crippen molar-refractivity contribution in [3.63, 3.8) is 0 Å². The van der Waals surface area contributed by atoms with Gasteiger partial charge in [-0.2, -0.15) is 0 Å². The fraction of sp³-hybridized carbons (Fsp3) is 0.269. The first-order chi connectivity index (χ1) is 13.3. The minimum atomic E-state index is -0.920. The number of rotatable bonds is 4. The highest BCUT2D eigenvalue weighted by atomic mass is 16.3. The fourth-order valence-electron chi connectivity index (χ4n) is 4.00. The van der Waals surface area contributed by atoms with Crippen molar-refractivity contribution in [1.29, 1.82) is 0 Å². The number of pyridine rings is 1. The molecule has 2 heteroatoms. The Balaban J connectivity index is 1.93. The van der Waals surface area contributed by atoms with Crippen molar-refractivity contribution >= 4 is 21.5 Å². The van der Waals surface area contributed by atoms with Gasteiger partial charge in [0.25, 0.3) is 0 Å². The van der Waals surface area contributed by atoms with Gasteiger partial charge in [0.05, 0.1) is 11.3 Å². The van der Waals surface area contributed by atoms with E-state index in [1.165, 1.54) is 10.9 Å². The maximum atomic E-state index is 10.7. The predicted octanol–water partition coefficient (Wildman–Crippen LogP) is 6.48. The molecular weight excluding hydrogens is 342 g/mol. The minimum Gasteiger partial charge on any atom is -0.386 e. The lowest BCUT2D eigenvalue weighted by molar-refractivity contribution is 0.0802. The summed E-state index contributed by atoms with van der Waals surface area (Å²) in [5.74, 6) is 0.631. The molecule has 0 aliphatic heterocycles. The third-order valence-electron chi connectivity index (χ3n) is 5.27. The first-order valence-electron chi connectivity index (χ1n) is 9.96. The highest BCUT2D eigenvalue weighted by Crippen LogP contribution is 2.36. The summed E-state index contributed by atoms with van der Waals surface area (Å²) < 4.78 is 0. The zero-order valence-electron chi connectivity index (χ0n) is 17.0. The fourth-order valence-corrected chi connectivity index (χ4v) is 4.00. The first-order valence-corrected chi connectivity index (χ1v) is 9.96. The molecule has 0 spiro atoms. The van der Waals surface area contributed by atoms with Crippen molar-refractivity contribution in [3.8, 4) is 11.3 Å². The summed E-state index contributed by atoms with van der Waals surface area (Å²) in [6, 6.07) is 21.2. The Kier molecular flexibility index (Phi) is 4.68. The first kappa shape index (κ1) is 18.6. The summed E-state index contributed by atoms with van der Waals surface area (Å²) in [6.45, 7) is 8.17. The predicted molar refractivity (Wildman–Crippen MR) is 118 cm³/mol. The molecule has 0 saturated heterocycles. The lowest BCUT2D eigenvalue weighted by Gasteiger charge is -2.22.